The molecule has 0 fully saturated rings. The van der Waals surface area contributed by atoms with E-state index in [1.165, 1.54) is 17.0 Å². The van der Waals surface area contributed by atoms with Gasteiger partial charge in [0.15, 0.2) is 5.96 Å². The number of guanidine groups is 1. The molecule has 0 saturated heterocycles. The number of carbonyl (C=O) groups is 1. The Morgan fingerprint density at radius 3 is 2.50 bits per heavy atom. The number of nitrogens with one attached hydrogen (secondary N) is 2. The van der Waals surface area contributed by atoms with E-state index in [-0.39, 0.29) is 12.4 Å². The first kappa shape index (κ1) is 21.8. The standard InChI is InChI=1S/C21H27FN4OS/c1-2-24-21(25-12-13-28-19-6-4-3-5-7-19)26-15-17(20(23)27)14-16-8-10-18(22)11-9-16/h3-11,17H,2,12-15H2,1H3,(H2,23,27)(H2,24,25,26). The van der Waals surface area contributed by atoms with E-state index in [1.54, 1.807) is 23.9 Å². The Labute approximate surface area is 170 Å². The van der Waals surface area contributed by atoms with Crippen LogP contribution >= 0.6 is 11.8 Å². The van der Waals surface area contributed by atoms with Crippen molar-refractivity contribution in [2.24, 2.45) is 16.6 Å². The molecule has 0 aromatic heterocycles. The van der Waals surface area contributed by atoms with Crippen molar-refractivity contribution in [2.45, 2.75) is 18.2 Å². The van der Waals surface area contributed by atoms with Gasteiger partial charge in [-0.15, -0.1) is 11.8 Å². The van der Waals surface area contributed by atoms with Gasteiger partial charge in [-0.25, -0.2) is 4.39 Å². The van der Waals surface area contributed by atoms with Gasteiger partial charge in [0.05, 0.1) is 12.5 Å². The summed E-state index contributed by atoms with van der Waals surface area (Å²) in [5.74, 6) is 0.387. The number of hydrogen-bond acceptors (Lipinski definition) is 3. The highest BCUT2D eigenvalue weighted by atomic mass is 32.2. The van der Waals surface area contributed by atoms with Crippen LogP contribution in [-0.2, 0) is 11.2 Å². The quantitative estimate of drug-likeness (QED) is 0.247. The van der Waals surface area contributed by atoms with Crippen LogP contribution in [0.25, 0.3) is 0 Å². The number of amides is 1. The predicted octanol–water partition coefficient (Wildman–Crippen LogP) is 2.82. The van der Waals surface area contributed by atoms with Crippen LogP contribution in [-0.4, -0.2) is 37.3 Å². The normalized spacial score (nSPS) is 12.4. The summed E-state index contributed by atoms with van der Waals surface area (Å²) in [6.07, 6.45) is 0.433. The Morgan fingerprint density at radius 1 is 1.14 bits per heavy atom. The molecule has 2 aromatic carbocycles. The number of carbonyl (C=O) groups excluding carboxylic acids is 1. The number of nitrogens with two attached hydrogens (primary N) is 1. The summed E-state index contributed by atoms with van der Waals surface area (Å²) in [6.45, 7) is 3.72. The van der Waals surface area contributed by atoms with E-state index in [0.717, 1.165) is 24.4 Å². The molecule has 0 bridgehead atoms. The van der Waals surface area contributed by atoms with E-state index in [4.69, 9.17) is 5.73 Å². The molecule has 1 unspecified atom stereocenters. The minimum Gasteiger partial charge on any atom is -0.369 e. The maximum Gasteiger partial charge on any atom is 0.222 e. The highest BCUT2D eigenvalue weighted by molar-refractivity contribution is 7.99. The smallest absolute Gasteiger partial charge is 0.222 e. The fourth-order valence-corrected chi connectivity index (χ4v) is 3.35. The Kier molecular flexibility index (Phi) is 9.34. The molecule has 0 saturated carbocycles. The molecule has 0 aliphatic carbocycles. The molecule has 0 heterocycles. The lowest BCUT2D eigenvalue weighted by Gasteiger charge is -2.14. The van der Waals surface area contributed by atoms with Crippen molar-refractivity contribution in [3.63, 3.8) is 0 Å². The number of hydrogen-bond donors (Lipinski definition) is 3. The van der Waals surface area contributed by atoms with Gasteiger partial charge in [0.1, 0.15) is 5.82 Å². The van der Waals surface area contributed by atoms with E-state index in [9.17, 15) is 9.18 Å². The van der Waals surface area contributed by atoms with Crippen molar-refractivity contribution in [3.05, 3.63) is 66.0 Å². The molecule has 1 amide bonds. The largest absolute Gasteiger partial charge is 0.369 e. The molecular formula is C21H27FN4OS. The van der Waals surface area contributed by atoms with Crippen LogP contribution in [0.5, 0.6) is 0 Å². The summed E-state index contributed by atoms with van der Waals surface area (Å²) in [5, 5.41) is 6.45. The van der Waals surface area contributed by atoms with E-state index < -0.39 is 11.8 Å². The molecule has 0 aliphatic heterocycles. The van der Waals surface area contributed by atoms with Crippen LogP contribution in [0.4, 0.5) is 4.39 Å². The number of nitrogens with zero attached hydrogens (tertiary/aromatic N) is 1. The van der Waals surface area contributed by atoms with Crippen molar-refractivity contribution in [2.75, 3.05) is 25.4 Å². The molecule has 2 rings (SSSR count). The summed E-state index contributed by atoms with van der Waals surface area (Å²) >= 11 is 1.76. The number of thioether (sulfide) groups is 1. The molecule has 0 radical (unpaired) electrons. The summed E-state index contributed by atoms with van der Waals surface area (Å²) in [7, 11) is 0. The predicted molar refractivity (Wildman–Crippen MR) is 114 cm³/mol. The maximum atomic E-state index is 13.0. The van der Waals surface area contributed by atoms with Crippen LogP contribution in [0.1, 0.15) is 12.5 Å². The van der Waals surface area contributed by atoms with Crippen molar-refractivity contribution < 1.29 is 9.18 Å². The van der Waals surface area contributed by atoms with Gasteiger partial charge in [-0.05, 0) is 43.2 Å². The molecule has 7 heteroatoms. The van der Waals surface area contributed by atoms with Gasteiger partial charge >= 0.3 is 0 Å². The van der Waals surface area contributed by atoms with Gasteiger partial charge in [-0.1, -0.05) is 30.3 Å². The Hall–Kier alpha value is -2.54. The minimum atomic E-state index is -0.445. The van der Waals surface area contributed by atoms with Gasteiger partial charge in [0, 0.05) is 23.7 Å². The molecule has 1 atom stereocenters. The van der Waals surface area contributed by atoms with Crippen LogP contribution in [0.2, 0.25) is 0 Å². The lowest BCUT2D eigenvalue weighted by Crippen LogP contribution is -2.39. The Bertz CT molecular complexity index is 753. The minimum absolute atomic E-state index is 0.272. The van der Waals surface area contributed by atoms with E-state index >= 15 is 0 Å². The first-order valence-corrected chi connectivity index (χ1v) is 10.3. The topological polar surface area (TPSA) is 79.5 Å². The first-order chi connectivity index (χ1) is 13.6. The summed E-state index contributed by atoms with van der Waals surface area (Å²) in [6, 6.07) is 16.3. The van der Waals surface area contributed by atoms with Crippen molar-refractivity contribution in [3.8, 4) is 0 Å². The zero-order valence-electron chi connectivity index (χ0n) is 16.0. The van der Waals surface area contributed by atoms with Gasteiger partial charge < -0.3 is 16.4 Å². The van der Waals surface area contributed by atoms with E-state index in [0.29, 0.717) is 12.4 Å². The molecule has 2 aromatic rings. The second kappa shape index (κ2) is 12.0. The van der Waals surface area contributed by atoms with Crippen molar-refractivity contribution >= 4 is 23.6 Å². The Morgan fingerprint density at radius 2 is 1.86 bits per heavy atom. The average molecular weight is 403 g/mol. The summed E-state index contributed by atoms with van der Waals surface area (Å²) in [4.78, 5) is 17.5. The molecule has 150 valence electrons. The van der Waals surface area contributed by atoms with E-state index in [1.807, 2.05) is 25.1 Å². The second-order valence-corrected chi connectivity index (χ2v) is 7.41. The molecule has 0 aliphatic rings. The monoisotopic (exact) mass is 402 g/mol. The van der Waals surface area contributed by atoms with Crippen LogP contribution in [0, 0.1) is 11.7 Å². The third-order valence-electron chi connectivity index (χ3n) is 4.02. The molecule has 4 N–H and O–H groups in total. The Balaban J connectivity index is 1.87. The number of benzene rings is 2. The van der Waals surface area contributed by atoms with Crippen LogP contribution < -0.4 is 16.4 Å². The van der Waals surface area contributed by atoms with Crippen LogP contribution in [0.15, 0.2) is 64.5 Å². The molecule has 28 heavy (non-hydrogen) atoms. The maximum absolute atomic E-state index is 13.0. The molecule has 0 spiro atoms. The summed E-state index contributed by atoms with van der Waals surface area (Å²) < 4.78 is 13.0. The number of halogens is 1. The lowest BCUT2D eigenvalue weighted by molar-refractivity contribution is -0.121. The molecule has 5 nitrogen and oxygen atoms in total. The van der Waals surface area contributed by atoms with Gasteiger partial charge in [0.25, 0.3) is 0 Å². The highest BCUT2D eigenvalue weighted by Crippen LogP contribution is 2.15. The second-order valence-electron chi connectivity index (χ2n) is 6.24. The number of primary amides is 1. The van der Waals surface area contributed by atoms with Crippen LogP contribution in [0.3, 0.4) is 0 Å². The lowest BCUT2D eigenvalue weighted by atomic mass is 9.99. The summed E-state index contributed by atoms with van der Waals surface area (Å²) in [5.41, 5.74) is 6.39. The first-order valence-electron chi connectivity index (χ1n) is 9.32. The fourth-order valence-electron chi connectivity index (χ4n) is 2.56. The van der Waals surface area contributed by atoms with Gasteiger partial charge in [0.2, 0.25) is 5.91 Å². The zero-order chi connectivity index (χ0) is 20.2. The van der Waals surface area contributed by atoms with Gasteiger partial charge in [-0.3, -0.25) is 9.79 Å². The van der Waals surface area contributed by atoms with Crippen molar-refractivity contribution in [1.29, 1.82) is 0 Å². The zero-order valence-corrected chi connectivity index (χ0v) is 16.8. The number of rotatable bonds is 10. The highest BCUT2D eigenvalue weighted by Gasteiger charge is 2.16. The van der Waals surface area contributed by atoms with Gasteiger partial charge in [-0.2, -0.15) is 0 Å². The average Bonchev–Trinajstić information content (AvgIpc) is 2.70. The third kappa shape index (κ3) is 8.00. The SMILES string of the molecule is CCNC(=NCC(Cc1ccc(F)cc1)C(N)=O)NCCSc1ccccc1. The van der Waals surface area contributed by atoms with Crippen molar-refractivity contribution in [1.82, 2.24) is 10.6 Å². The fraction of sp³-hybridized carbons (Fsp3) is 0.333. The molecular weight excluding hydrogens is 375 g/mol. The third-order valence-corrected chi connectivity index (χ3v) is 5.03. The number of aliphatic imine (C=N–C) groups is 1. The van der Waals surface area contributed by atoms with E-state index in [2.05, 4.69) is 27.8 Å².